The van der Waals surface area contributed by atoms with Gasteiger partial charge in [-0.3, -0.25) is 9.48 Å². The molecule has 2 aromatic heterocycles. The molecule has 24 heavy (non-hydrogen) atoms. The lowest BCUT2D eigenvalue weighted by Crippen LogP contribution is -2.25. The summed E-state index contributed by atoms with van der Waals surface area (Å²) in [6, 6.07) is 10.4. The lowest BCUT2D eigenvalue weighted by Gasteiger charge is -2.03. The van der Waals surface area contributed by atoms with Crippen molar-refractivity contribution in [2.24, 2.45) is 0 Å². The first-order chi connectivity index (χ1) is 11.6. The Morgan fingerprint density at radius 2 is 2.08 bits per heavy atom. The Labute approximate surface area is 145 Å². The summed E-state index contributed by atoms with van der Waals surface area (Å²) in [6.07, 6.45) is 4.10. The van der Waals surface area contributed by atoms with Crippen LogP contribution in [0, 0.1) is 0 Å². The maximum absolute atomic E-state index is 12.1. The molecule has 6 heteroatoms. The van der Waals surface area contributed by atoms with Gasteiger partial charge in [0.05, 0.1) is 22.5 Å². The normalized spacial score (nSPS) is 11.0. The van der Waals surface area contributed by atoms with Crippen molar-refractivity contribution in [2.45, 2.75) is 26.3 Å². The maximum atomic E-state index is 12.1. The molecule has 0 aliphatic rings. The second-order valence-electron chi connectivity index (χ2n) is 5.80. The summed E-state index contributed by atoms with van der Waals surface area (Å²) in [5, 5.41) is 10.2. The highest BCUT2D eigenvalue weighted by atomic mass is 32.1. The highest BCUT2D eigenvalue weighted by molar-refractivity contribution is 7.09. The van der Waals surface area contributed by atoms with Crippen LogP contribution in [0.4, 0.5) is 0 Å². The minimum absolute atomic E-state index is 0.0956. The Morgan fingerprint density at radius 3 is 2.79 bits per heavy atom. The fraction of sp³-hybridized carbons (Fsp3) is 0.278. The minimum Gasteiger partial charge on any atom is -0.352 e. The van der Waals surface area contributed by atoms with Gasteiger partial charge in [0, 0.05) is 36.1 Å². The Bertz CT molecular complexity index is 807. The molecule has 1 amide bonds. The third-order valence-electron chi connectivity index (χ3n) is 3.64. The number of hydrogen-bond acceptors (Lipinski definition) is 4. The number of hydrogen-bond donors (Lipinski definition) is 1. The molecule has 0 aliphatic carbocycles. The van der Waals surface area contributed by atoms with Gasteiger partial charge >= 0.3 is 0 Å². The summed E-state index contributed by atoms with van der Waals surface area (Å²) in [5.74, 6) is -0.0956. The molecule has 0 spiro atoms. The molecule has 0 unspecified atom stereocenters. The number of nitrogens with one attached hydrogen (secondary N) is 1. The van der Waals surface area contributed by atoms with Crippen LogP contribution in [0.1, 0.15) is 35.3 Å². The molecular weight excluding hydrogens is 320 g/mol. The van der Waals surface area contributed by atoms with Crippen LogP contribution >= 0.6 is 11.3 Å². The van der Waals surface area contributed by atoms with E-state index in [4.69, 9.17) is 0 Å². The summed E-state index contributed by atoms with van der Waals surface area (Å²) in [5.41, 5.74) is 2.69. The molecule has 3 rings (SSSR count). The van der Waals surface area contributed by atoms with Gasteiger partial charge in [0.1, 0.15) is 0 Å². The third-order valence-corrected chi connectivity index (χ3v) is 4.55. The van der Waals surface area contributed by atoms with E-state index in [1.54, 1.807) is 28.4 Å². The smallest absolute Gasteiger partial charge is 0.254 e. The van der Waals surface area contributed by atoms with E-state index in [0.717, 1.165) is 22.7 Å². The summed E-state index contributed by atoms with van der Waals surface area (Å²) in [4.78, 5) is 16.7. The molecule has 0 atom stereocenters. The number of carbonyl (C=O) groups is 1. The van der Waals surface area contributed by atoms with Gasteiger partial charge in [-0.05, 0) is 13.8 Å². The van der Waals surface area contributed by atoms with E-state index in [1.165, 1.54) is 0 Å². The monoisotopic (exact) mass is 340 g/mol. The number of thiazole rings is 1. The van der Waals surface area contributed by atoms with Crippen LogP contribution in [0.15, 0.2) is 48.1 Å². The lowest BCUT2D eigenvalue weighted by molar-refractivity contribution is 0.0954. The van der Waals surface area contributed by atoms with Gasteiger partial charge in [0.25, 0.3) is 5.91 Å². The molecule has 1 aromatic carbocycles. The van der Waals surface area contributed by atoms with Crippen molar-refractivity contribution in [3.8, 4) is 11.3 Å². The zero-order valence-electron chi connectivity index (χ0n) is 13.8. The molecule has 124 valence electrons. The summed E-state index contributed by atoms with van der Waals surface area (Å²) in [6.45, 7) is 4.62. The molecule has 0 saturated heterocycles. The van der Waals surface area contributed by atoms with Crippen molar-refractivity contribution in [1.29, 1.82) is 0 Å². The quantitative estimate of drug-likeness (QED) is 0.746. The van der Waals surface area contributed by atoms with Crippen molar-refractivity contribution in [3.63, 3.8) is 0 Å². The SMILES string of the molecule is CC(C)n1cc(C(=O)NCCc2nc(-c3ccccc3)cs2)cn1. The Balaban J connectivity index is 1.53. The van der Waals surface area contributed by atoms with E-state index < -0.39 is 0 Å². The van der Waals surface area contributed by atoms with E-state index in [0.29, 0.717) is 12.1 Å². The molecule has 5 nitrogen and oxygen atoms in total. The number of aromatic nitrogens is 3. The minimum atomic E-state index is -0.0956. The highest BCUT2D eigenvalue weighted by Crippen LogP contribution is 2.21. The zero-order chi connectivity index (χ0) is 16.9. The van der Waals surface area contributed by atoms with E-state index in [2.05, 4.69) is 20.8 Å². The second-order valence-corrected chi connectivity index (χ2v) is 6.74. The third kappa shape index (κ3) is 3.89. The Hall–Kier alpha value is -2.47. The fourth-order valence-corrected chi connectivity index (χ4v) is 3.10. The molecule has 0 aliphatic heterocycles. The predicted octanol–water partition coefficient (Wildman–Crippen LogP) is 3.56. The fourth-order valence-electron chi connectivity index (χ4n) is 2.29. The first-order valence-electron chi connectivity index (χ1n) is 7.95. The van der Waals surface area contributed by atoms with Crippen LogP contribution < -0.4 is 5.32 Å². The first-order valence-corrected chi connectivity index (χ1v) is 8.83. The van der Waals surface area contributed by atoms with Crippen LogP contribution in [0.25, 0.3) is 11.3 Å². The number of rotatable bonds is 6. The molecule has 0 radical (unpaired) electrons. The van der Waals surface area contributed by atoms with Gasteiger partial charge < -0.3 is 5.32 Å². The van der Waals surface area contributed by atoms with Gasteiger partial charge in [0.2, 0.25) is 0 Å². The molecular formula is C18H20N4OS. The van der Waals surface area contributed by atoms with Crippen LogP contribution in [0.5, 0.6) is 0 Å². The lowest BCUT2D eigenvalue weighted by atomic mass is 10.2. The molecule has 1 N–H and O–H groups in total. The van der Waals surface area contributed by atoms with Crippen molar-refractivity contribution in [1.82, 2.24) is 20.1 Å². The van der Waals surface area contributed by atoms with Gasteiger partial charge in [-0.1, -0.05) is 30.3 Å². The van der Waals surface area contributed by atoms with Gasteiger partial charge in [-0.2, -0.15) is 5.10 Å². The molecule has 0 fully saturated rings. The van der Waals surface area contributed by atoms with Crippen LogP contribution in [0.2, 0.25) is 0 Å². The zero-order valence-corrected chi connectivity index (χ0v) is 14.6. The van der Waals surface area contributed by atoms with Crippen molar-refractivity contribution in [2.75, 3.05) is 6.54 Å². The summed E-state index contributed by atoms with van der Waals surface area (Å²) >= 11 is 1.62. The van der Waals surface area contributed by atoms with Crippen LogP contribution in [-0.4, -0.2) is 27.2 Å². The Kier molecular flexibility index (Phi) is 5.05. The highest BCUT2D eigenvalue weighted by Gasteiger charge is 2.10. The van der Waals surface area contributed by atoms with Gasteiger partial charge in [-0.25, -0.2) is 4.98 Å². The van der Waals surface area contributed by atoms with Gasteiger partial charge in [-0.15, -0.1) is 11.3 Å². The van der Waals surface area contributed by atoms with Crippen LogP contribution in [-0.2, 0) is 6.42 Å². The number of amides is 1. The standard InChI is InChI=1S/C18H20N4OS/c1-13(2)22-11-15(10-20-22)18(23)19-9-8-17-21-16(12-24-17)14-6-4-3-5-7-14/h3-7,10-13H,8-9H2,1-2H3,(H,19,23). The van der Waals surface area contributed by atoms with Crippen molar-refractivity contribution >= 4 is 17.2 Å². The summed E-state index contributed by atoms with van der Waals surface area (Å²) < 4.78 is 1.78. The molecule has 3 aromatic rings. The largest absolute Gasteiger partial charge is 0.352 e. The first kappa shape index (κ1) is 16.4. The van der Waals surface area contributed by atoms with E-state index >= 15 is 0 Å². The van der Waals surface area contributed by atoms with E-state index in [1.807, 2.05) is 44.2 Å². The van der Waals surface area contributed by atoms with E-state index in [9.17, 15) is 4.79 Å². The predicted molar refractivity (Wildman–Crippen MR) is 96.2 cm³/mol. The number of benzene rings is 1. The van der Waals surface area contributed by atoms with Crippen molar-refractivity contribution in [3.05, 3.63) is 58.7 Å². The summed E-state index contributed by atoms with van der Waals surface area (Å²) in [7, 11) is 0. The number of nitrogens with zero attached hydrogens (tertiary/aromatic N) is 3. The van der Waals surface area contributed by atoms with E-state index in [-0.39, 0.29) is 11.9 Å². The molecule has 2 heterocycles. The topological polar surface area (TPSA) is 59.8 Å². The van der Waals surface area contributed by atoms with Gasteiger partial charge in [0.15, 0.2) is 0 Å². The maximum Gasteiger partial charge on any atom is 0.254 e. The Morgan fingerprint density at radius 1 is 1.29 bits per heavy atom. The van der Waals surface area contributed by atoms with Crippen molar-refractivity contribution < 1.29 is 4.79 Å². The average molecular weight is 340 g/mol. The van der Waals surface area contributed by atoms with Crippen LogP contribution in [0.3, 0.4) is 0 Å². The second kappa shape index (κ2) is 7.40. The molecule has 0 saturated carbocycles. The average Bonchev–Trinajstić information content (AvgIpc) is 3.25. The molecule has 0 bridgehead atoms. The number of carbonyl (C=O) groups excluding carboxylic acids is 1.